The Balaban J connectivity index is 1.98. The molecular weight excluding hydrogens is 364 g/mol. The van der Waals surface area contributed by atoms with Crippen LogP contribution in [0.25, 0.3) is 0 Å². The molecule has 23 heavy (non-hydrogen) atoms. The zero-order valence-electron chi connectivity index (χ0n) is 12.6. The number of ether oxygens (including phenoxy) is 1. The first-order chi connectivity index (χ1) is 10.9. The van der Waals surface area contributed by atoms with Crippen molar-refractivity contribution in [3.8, 4) is 0 Å². The van der Waals surface area contributed by atoms with E-state index >= 15 is 0 Å². The summed E-state index contributed by atoms with van der Waals surface area (Å²) in [4.78, 5) is 38.0. The van der Waals surface area contributed by atoms with Crippen molar-refractivity contribution in [2.75, 3.05) is 5.32 Å². The number of hydrogen-bond acceptors (Lipinski definition) is 4. The molecule has 1 amide bonds. The summed E-state index contributed by atoms with van der Waals surface area (Å²) in [5, 5.41) is 2.61. The van der Waals surface area contributed by atoms with Gasteiger partial charge in [0.2, 0.25) is 0 Å². The quantitative estimate of drug-likeness (QED) is 0.617. The second-order valence-corrected chi connectivity index (χ2v) is 5.82. The van der Waals surface area contributed by atoms with Crippen molar-refractivity contribution in [1.82, 2.24) is 4.98 Å². The molecule has 120 valence electrons. The smallest absolute Gasteiger partial charge is 0.355 e. The van der Waals surface area contributed by atoms with Crippen LogP contribution in [0.5, 0.6) is 0 Å². The summed E-state index contributed by atoms with van der Waals surface area (Å²) in [6.45, 7) is 2.92. The summed E-state index contributed by atoms with van der Waals surface area (Å²) in [5.41, 5.74) is 1.20. The van der Waals surface area contributed by atoms with Crippen LogP contribution in [0.1, 0.15) is 34.7 Å². The third kappa shape index (κ3) is 4.53. The fourth-order valence-corrected chi connectivity index (χ4v) is 2.17. The van der Waals surface area contributed by atoms with Crippen LogP contribution in [0.2, 0.25) is 0 Å². The maximum absolute atomic E-state index is 12.1. The SMILES string of the molecule is CC(=O)c1cccc(NC(=O)C(C)OC(=O)c2cc(Br)c[nH]2)c1. The van der Waals surface area contributed by atoms with Crippen LogP contribution in [0, 0.1) is 0 Å². The number of aromatic amines is 1. The molecule has 0 spiro atoms. The molecule has 2 N–H and O–H groups in total. The van der Waals surface area contributed by atoms with Crippen molar-refractivity contribution in [3.05, 3.63) is 52.3 Å². The highest BCUT2D eigenvalue weighted by molar-refractivity contribution is 9.10. The lowest BCUT2D eigenvalue weighted by atomic mass is 10.1. The van der Waals surface area contributed by atoms with Crippen molar-refractivity contribution in [3.63, 3.8) is 0 Å². The molecule has 0 fully saturated rings. The van der Waals surface area contributed by atoms with Crippen LogP contribution in [0.4, 0.5) is 5.69 Å². The number of rotatable bonds is 5. The lowest BCUT2D eigenvalue weighted by molar-refractivity contribution is -0.123. The maximum atomic E-state index is 12.1. The van der Waals surface area contributed by atoms with Gasteiger partial charge in [0.1, 0.15) is 5.69 Å². The first-order valence-electron chi connectivity index (χ1n) is 6.83. The van der Waals surface area contributed by atoms with E-state index in [1.807, 2.05) is 0 Å². The largest absolute Gasteiger partial charge is 0.448 e. The van der Waals surface area contributed by atoms with E-state index in [9.17, 15) is 14.4 Å². The van der Waals surface area contributed by atoms with Crippen LogP contribution in [0.3, 0.4) is 0 Å². The number of hydrogen-bond donors (Lipinski definition) is 2. The third-order valence-electron chi connectivity index (χ3n) is 3.06. The molecule has 7 heteroatoms. The fourth-order valence-electron chi connectivity index (χ4n) is 1.82. The van der Waals surface area contributed by atoms with Crippen LogP contribution in [-0.4, -0.2) is 28.7 Å². The average Bonchev–Trinajstić information content (AvgIpc) is 2.94. The van der Waals surface area contributed by atoms with Gasteiger partial charge in [0.05, 0.1) is 0 Å². The predicted octanol–water partition coefficient (Wildman–Crippen LogP) is 3.16. The molecule has 0 saturated heterocycles. The fraction of sp³-hybridized carbons (Fsp3) is 0.188. The zero-order chi connectivity index (χ0) is 17.0. The highest BCUT2D eigenvalue weighted by Gasteiger charge is 2.20. The van der Waals surface area contributed by atoms with Crippen molar-refractivity contribution in [2.45, 2.75) is 20.0 Å². The number of carbonyl (C=O) groups is 3. The van der Waals surface area contributed by atoms with Gasteiger partial charge in [0, 0.05) is 21.9 Å². The van der Waals surface area contributed by atoms with E-state index in [0.717, 1.165) is 0 Å². The Hall–Kier alpha value is -2.41. The maximum Gasteiger partial charge on any atom is 0.355 e. The molecule has 1 aromatic heterocycles. The molecule has 2 rings (SSSR count). The van der Waals surface area contributed by atoms with Crippen LogP contribution in [-0.2, 0) is 9.53 Å². The number of esters is 1. The number of anilines is 1. The first-order valence-corrected chi connectivity index (χ1v) is 7.63. The topological polar surface area (TPSA) is 88.3 Å². The number of Topliss-reactive ketones (excluding diaryl/α,β-unsaturated/α-hetero) is 1. The van der Waals surface area contributed by atoms with Gasteiger partial charge in [-0.3, -0.25) is 9.59 Å². The molecule has 0 aliphatic heterocycles. The number of ketones is 1. The summed E-state index contributed by atoms with van der Waals surface area (Å²) < 4.78 is 5.80. The Morgan fingerprint density at radius 1 is 1.26 bits per heavy atom. The minimum absolute atomic E-state index is 0.0992. The minimum Gasteiger partial charge on any atom is -0.448 e. The van der Waals surface area contributed by atoms with Crippen LogP contribution < -0.4 is 5.32 Å². The Morgan fingerprint density at radius 2 is 2.00 bits per heavy atom. The Bertz CT molecular complexity index is 754. The van der Waals surface area contributed by atoms with Gasteiger partial charge in [-0.15, -0.1) is 0 Å². The number of benzene rings is 1. The van der Waals surface area contributed by atoms with Gasteiger partial charge in [-0.2, -0.15) is 0 Å². The zero-order valence-corrected chi connectivity index (χ0v) is 14.1. The van der Waals surface area contributed by atoms with E-state index < -0.39 is 18.0 Å². The van der Waals surface area contributed by atoms with Gasteiger partial charge >= 0.3 is 5.97 Å². The van der Waals surface area contributed by atoms with E-state index in [2.05, 4.69) is 26.2 Å². The van der Waals surface area contributed by atoms with E-state index in [4.69, 9.17) is 4.74 Å². The minimum atomic E-state index is -0.981. The number of carbonyl (C=O) groups excluding carboxylic acids is 3. The molecule has 1 heterocycles. The van der Waals surface area contributed by atoms with Crippen LogP contribution >= 0.6 is 15.9 Å². The first kappa shape index (κ1) is 17.0. The lowest BCUT2D eigenvalue weighted by Crippen LogP contribution is -2.30. The van der Waals surface area contributed by atoms with Crippen molar-refractivity contribution in [2.24, 2.45) is 0 Å². The Labute approximate surface area is 141 Å². The monoisotopic (exact) mass is 378 g/mol. The van der Waals surface area contributed by atoms with E-state index in [1.165, 1.54) is 13.8 Å². The molecule has 0 saturated carbocycles. The molecule has 0 radical (unpaired) electrons. The van der Waals surface area contributed by atoms with Crippen molar-refractivity contribution in [1.29, 1.82) is 0 Å². The number of nitrogens with one attached hydrogen (secondary N) is 2. The molecular formula is C16H15BrN2O4. The predicted molar refractivity (Wildman–Crippen MR) is 88.4 cm³/mol. The van der Waals surface area contributed by atoms with Gasteiger partial charge in [-0.05, 0) is 48.0 Å². The molecule has 0 bridgehead atoms. The molecule has 1 atom stereocenters. The van der Waals surface area contributed by atoms with Gasteiger partial charge in [-0.25, -0.2) is 4.79 Å². The standard InChI is InChI=1S/C16H15BrN2O4/c1-9(20)11-4-3-5-13(6-11)19-15(21)10(2)23-16(22)14-7-12(17)8-18-14/h3-8,10,18H,1-2H3,(H,19,21). The molecule has 1 aromatic carbocycles. The molecule has 0 aliphatic carbocycles. The summed E-state index contributed by atoms with van der Waals surface area (Å²) >= 11 is 3.21. The summed E-state index contributed by atoms with van der Waals surface area (Å²) in [7, 11) is 0. The summed E-state index contributed by atoms with van der Waals surface area (Å²) in [6, 6.07) is 8.10. The van der Waals surface area contributed by atoms with E-state index in [-0.39, 0.29) is 11.5 Å². The summed E-state index contributed by atoms with van der Waals surface area (Å²) in [5.74, 6) is -1.21. The molecule has 1 unspecified atom stereocenters. The second-order valence-electron chi connectivity index (χ2n) is 4.91. The molecule has 2 aromatic rings. The van der Waals surface area contributed by atoms with Gasteiger partial charge in [-0.1, -0.05) is 12.1 Å². The highest BCUT2D eigenvalue weighted by atomic mass is 79.9. The van der Waals surface area contributed by atoms with Gasteiger partial charge in [0.25, 0.3) is 5.91 Å². The normalized spacial score (nSPS) is 11.6. The number of amides is 1. The number of H-pyrrole nitrogens is 1. The average molecular weight is 379 g/mol. The number of halogens is 1. The Morgan fingerprint density at radius 3 is 2.61 bits per heavy atom. The van der Waals surface area contributed by atoms with Gasteiger partial charge in [0.15, 0.2) is 11.9 Å². The van der Waals surface area contributed by atoms with Crippen molar-refractivity contribution < 1.29 is 19.1 Å². The lowest BCUT2D eigenvalue weighted by Gasteiger charge is -2.13. The second kappa shape index (κ2) is 7.23. The van der Waals surface area contributed by atoms with Crippen molar-refractivity contribution >= 4 is 39.3 Å². The van der Waals surface area contributed by atoms with Crippen LogP contribution in [0.15, 0.2) is 41.0 Å². The summed E-state index contributed by atoms with van der Waals surface area (Å²) in [6.07, 6.45) is 0.611. The molecule has 0 aliphatic rings. The Kier molecular flexibility index (Phi) is 5.33. The molecule has 6 nitrogen and oxygen atoms in total. The van der Waals surface area contributed by atoms with E-state index in [0.29, 0.717) is 15.7 Å². The highest BCUT2D eigenvalue weighted by Crippen LogP contribution is 2.14. The third-order valence-corrected chi connectivity index (χ3v) is 3.52. The number of aromatic nitrogens is 1. The van der Waals surface area contributed by atoms with Gasteiger partial charge < -0.3 is 15.0 Å². The van der Waals surface area contributed by atoms with E-state index in [1.54, 1.807) is 36.5 Å².